The van der Waals surface area contributed by atoms with Crippen molar-refractivity contribution in [3.63, 3.8) is 0 Å². The number of fused-ring (bicyclic) bond motifs is 21. The van der Waals surface area contributed by atoms with Gasteiger partial charge < -0.3 is 4.57 Å². The first kappa shape index (κ1) is 83.4. The number of hydrogen-bond acceptors (Lipinski definition) is 0. The van der Waals surface area contributed by atoms with Gasteiger partial charge in [-0.2, -0.15) is 0 Å². The molecular formula is C133H95NSi2. The third-order valence-electron chi connectivity index (χ3n) is 28.2. The molecule has 0 aliphatic carbocycles. The van der Waals surface area contributed by atoms with Crippen LogP contribution in [0.4, 0.5) is 0 Å². The molecule has 640 valence electrons. The molecule has 0 atom stereocenters. The van der Waals surface area contributed by atoms with Crippen LogP contribution in [0.1, 0.15) is 7.43 Å². The summed E-state index contributed by atoms with van der Waals surface area (Å²) in [6.07, 6.45) is 0. The molecule has 136 heavy (non-hydrogen) atoms. The smallest absolute Gasteiger partial charge is 0.179 e. The van der Waals surface area contributed by atoms with Crippen LogP contribution in [0, 0.1) is 0 Å². The van der Waals surface area contributed by atoms with Crippen molar-refractivity contribution in [1.29, 1.82) is 0 Å². The van der Waals surface area contributed by atoms with Crippen molar-refractivity contribution in [3.8, 4) is 61.3 Å². The van der Waals surface area contributed by atoms with Crippen LogP contribution in [-0.4, -0.2) is 20.7 Å². The Bertz CT molecular complexity index is 8620. The summed E-state index contributed by atoms with van der Waals surface area (Å²) in [5, 5.41) is 37.1. The van der Waals surface area contributed by atoms with Crippen LogP contribution in [0.25, 0.3) is 180 Å². The highest BCUT2D eigenvalue weighted by Gasteiger charge is 2.43. The fraction of sp³-hybridized carbons (Fsp3) is 0.00752. The molecular weight excluding hydrogens is 1670 g/mol. The minimum atomic E-state index is -2.56. The fourth-order valence-corrected chi connectivity index (χ4v) is 31.6. The van der Waals surface area contributed by atoms with Crippen LogP contribution in [0.15, 0.2) is 552 Å². The first-order valence-electron chi connectivity index (χ1n) is 46.8. The Morgan fingerprint density at radius 3 is 0.713 bits per heavy atom. The lowest BCUT2D eigenvalue weighted by molar-refractivity contribution is 1.18. The molecule has 0 spiro atoms. The maximum absolute atomic E-state index is 2.56. The molecule has 1 heterocycles. The highest BCUT2D eigenvalue weighted by atomic mass is 28.3. The maximum atomic E-state index is 2.39. The van der Waals surface area contributed by atoms with Gasteiger partial charge in [0.15, 0.2) is 16.1 Å². The summed E-state index contributed by atoms with van der Waals surface area (Å²) >= 11 is 0. The highest BCUT2D eigenvalue weighted by Crippen LogP contribution is 2.45. The molecule has 0 amide bonds. The molecule has 0 saturated heterocycles. The molecule has 26 aromatic rings. The van der Waals surface area contributed by atoms with E-state index in [9.17, 15) is 0 Å². The molecule has 0 fully saturated rings. The number of para-hydroxylation sites is 2. The van der Waals surface area contributed by atoms with E-state index in [0.29, 0.717) is 0 Å². The second-order valence-corrected chi connectivity index (χ2v) is 43.1. The molecule has 26 rings (SSSR count). The van der Waals surface area contributed by atoms with E-state index in [1.807, 2.05) is 0 Å². The van der Waals surface area contributed by atoms with Gasteiger partial charge in [0.1, 0.15) is 0 Å². The fourth-order valence-electron chi connectivity index (χ4n) is 22.1. The monoisotopic (exact) mass is 1760 g/mol. The molecule has 0 saturated carbocycles. The van der Waals surface area contributed by atoms with Crippen molar-refractivity contribution in [3.05, 3.63) is 552 Å². The van der Waals surface area contributed by atoms with E-state index in [2.05, 4.69) is 557 Å². The molecule has 0 aliphatic heterocycles. The standard InChI is InChI=1S/C48H34Si.C42H27N.C42H30Si.CH4/c1-4-17-39(18-5-1)49(40-19-6-2-7-20-40,41-21-8-3-9-22-41)42-30-27-35(28-31-42)36-15-14-16-37(33-36)38-29-32-47-45-25-11-10-23-43(45)44-24-12-13-26-46(44)48(47)34-38;1-2-14-31(15-3-1)43-40-23-9-8-19-36(40)39-27-29(24-25-41(39)43)28-12-10-13-30(26-28)32-21-11-22-38-35-17-5-4-16-33(35)34-18-6-7-20-37(34)42(32)38;1-4-14-33(15-5-1)43(34-16-6-2-7-17-34,35-18-8-3-9-19-35)36-27-24-31(25-28-36)32-26-29-41-39-22-11-10-20-37(39)38-21-12-13-23-40(38)42(41)30-32;/h1-34H;1-27H;1-30H;1H4. The van der Waals surface area contributed by atoms with Crippen molar-refractivity contribution < 1.29 is 0 Å². The number of rotatable bonds is 14. The second kappa shape index (κ2) is 36.0. The Morgan fingerprint density at radius 1 is 0.125 bits per heavy atom. The molecule has 25 aromatic carbocycles. The zero-order chi connectivity index (χ0) is 89.6. The number of aromatic nitrogens is 1. The SMILES string of the molecule is C.c1ccc(-n2c3ccccc3c3cc(-c4cccc(-c5cccc6c7ccccc7c7ccccc7c56)c4)ccc32)cc1.c1ccc([Si](c2ccccc2)(c2ccccc2)c2ccc(-c3ccc4c5ccccc5c5ccccc5c4c3)cc2)cc1.c1ccc([Si](c2ccccc2)(c2ccccc2)c2ccc(-c3cccc(-c4ccc5c6ccccc6c6ccccc6c5c4)c3)cc2)cc1. The van der Waals surface area contributed by atoms with Crippen LogP contribution in [0.2, 0.25) is 0 Å². The average molecular weight is 1760 g/mol. The minimum Gasteiger partial charge on any atom is -0.309 e. The molecule has 0 unspecified atom stereocenters. The van der Waals surface area contributed by atoms with E-state index in [-0.39, 0.29) is 7.43 Å². The van der Waals surface area contributed by atoms with E-state index in [4.69, 9.17) is 0 Å². The van der Waals surface area contributed by atoms with Crippen molar-refractivity contribution >= 4 is 176 Å². The zero-order valence-electron chi connectivity index (χ0n) is 74.5. The lowest BCUT2D eigenvalue weighted by Crippen LogP contribution is -2.74. The topological polar surface area (TPSA) is 4.93 Å². The van der Waals surface area contributed by atoms with Crippen molar-refractivity contribution in [2.24, 2.45) is 0 Å². The lowest BCUT2D eigenvalue weighted by atomic mass is 9.89. The van der Waals surface area contributed by atoms with E-state index >= 15 is 0 Å². The Labute approximate surface area is 795 Å². The third kappa shape index (κ3) is 14.6. The first-order valence-corrected chi connectivity index (χ1v) is 50.8. The van der Waals surface area contributed by atoms with Gasteiger partial charge in [-0.05, 0) is 249 Å². The van der Waals surface area contributed by atoms with E-state index in [0.717, 1.165) is 0 Å². The number of hydrogen-bond donors (Lipinski definition) is 0. The molecule has 1 aromatic heterocycles. The minimum absolute atomic E-state index is 0. The summed E-state index contributed by atoms with van der Waals surface area (Å²) in [6, 6.07) is 203. The van der Waals surface area contributed by atoms with Crippen molar-refractivity contribution in [2.45, 2.75) is 7.43 Å². The van der Waals surface area contributed by atoms with Gasteiger partial charge in [-0.1, -0.05) is 505 Å². The largest absolute Gasteiger partial charge is 0.309 e. The summed E-state index contributed by atoms with van der Waals surface area (Å²) < 4.78 is 2.37. The number of benzene rings is 25. The van der Waals surface area contributed by atoms with Gasteiger partial charge >= 0.3 is 0 Å². The molecule has 1 nitrogen and oxygen atoms in total. The highest BCUT2D eigenvalue weighted by molar-refractivity contribution is 7.20. The van der Waals surface area contributed by atoms with Gasteiger partial charge in [0.2, 0.25) is 0 Å². The van der Waals surface area contributed by atoms with Crippen LogP contribution >= 0.6 is 0 Å². The normalized spacial score (nSPS) is 11.6. The van der Waals surface area contributed by atoms with Crippen LogP contribution in [0.3, 0.4) is 0 Å². The summed E-state index contributed by atoms with van der Waals surface area (Å²) in [5.41, 5.74) is 15.9. The Morgan fingerprint density at radius 2 is 0.346 bits per heavy atom. The van der Waals surface area contributed by atoms with Crippen molar-refractivity contribution in [1.82, 2.24) is 4.57 Å². The quantitative estimate of drug-likeness (QED) is 0.0581. The Hall–Kier alpha value is -16.9. The zero-order valence-corrected chi connectivity index (χ0v) is 76.5. The van der Waals surface area contributed by atoms with Gasteiger partial charge in [0.05, 0.1) is 11.0 Å². The van der Waals surface area contributed by atoms with Gasteiger partial charge in [-0.15, -0.1) is 0 Å². The lowest BCUT2D eigenvalue weighted by Gasteiger charge is -2.34. The third-order valence-corrected chi connectivity index (χ3v) is 37.8. The van der Waals surface area contributed by atoms with Crippen LogP contribution in [0.5, 0.6) is 0 Å². The molecule has 0 aliphatic rings. The van der Waals surface area contributed by atoms with E-state index in [1.54, 1.807) is 0 Å². The van der Waals surface area contributed by atoms with Crippen LogP contribution in [-0.2, 0) is 0 Å². The Kier molecular flexibility index (Phi) is 22.1. The average Bonchev–Trinajstić information content (AvgIpc) is 1.18. The van der Waals surface area contributed by atoms with Gasteiger partial charge in [-0.25, -0.2) is 0 Å². The summed E-state index contributed by atoms with van der Waals surface area (Å²) in [6.45, 7) is 0. The maximum Gasteiger partial charge on any atom is 0.179 e. The first-order chi connectivity index (χ1) is 67.0. The molecule has 0 N–H and O–H groups in total. The summed E-state index contributed by atoms with van der Waals surface area (Å²) in [5.74, 6) is 0. The number of nitrogens with zero attached hydrogens (tertiary/aromatic N) is 1. The van der Waals surface area contributed by atoms with E-state index < -0.39 is 16.1 Å². The molecule has 0 bridgehead atoms. The molecule has 3 heteroatoms. The summed E-state index contributed by atoms with van der Waals surface area (Å²) in [4.78, 5) is 0. The van der Waals surface area contributed by atoms with Gasteiger partial charge in [0, 0.05) is 16.5 Å². The second-order valence-electron chi connectivity index (χ2n) is 35.5. The predicted molar refractivity (Wildman–Crippen MR) is 592 cm³/mol. The van der Waals surface area contributed by atoms with Gasteiger partial charge in [0.25, 0.3) is 0 Å². The van der Waals surface area contributed by atoms with Crippen LogP contribution < -0.4 is 41.5 Å². The Balaban J connectivity index is 0.000000115. The predicted octanol–water partition coefficient (Wildman–Crippen LogP) is 30.3. The van der Waals surface area contributed by atoms with Crippen molar-refractivity contribution in [2.75, 3.05) is 0 Å². The van der Waals surface area contributed by atoms with E-state index in [1.165, 1.54) is 222 Å². The molecule has 0 radical (unpaired) electrons. The van der Waals surface area contributed by atoms with Gasteiger partial charge in [-0.3, -0.25) is 0 Å². The summed E-state index contributed by atoms with van der Waals surface area (Å²) in [7, 11) is -5.09.